The summed E-state index contributed by atoms with van der Waals surface area (Å²) in [6.07, 6.45) is 3.48. The Kier molecular flexibility index (Phi) is 5.29. The van der Waals surface area contributed by atoms with Gasteiger partial charge in [-0.1, -0.05) is 18.2 Å². The van der Waals surface area contributed by atoms with Crippen LogP contribution in [0.1, 0.15) is 22.5 Å². The number of hydrogen-bond acceptors (Lipinski definition) is 6. The molecule has 0 spiro atoms. The number of ether oxygens (including phenoxy) is 2. The van der Waals surface area contributed by atoms with Gasteiger partial charge in [0.15, 0.2) is 0 Å². The molecule has 1 aromatic heterocycles. The van der Waals surface area contributed by atoms with Crippen molar-refractivity contribution in [1.82, 2.24) is 9.97 Å². The molecular weight excluding hydrogens is 368 g/mol. The van der Waals surface area contributed by atoms with Crippen LogP contribution in [0, 0.1) is 0 Å². The van der Waals surface area contributed by atoms with E-state index in [1.807, 2.05) is 18.2 Å². The number of anilines is 3. The Bertz CT molecular complexity index is 1040. The molecule has 0 aliphatic carbocycles. The maximum Gasteiger partial charge on any atom is 0.277 e. The molecule has 148 valence electrons. The van der Waals surface area contributed by atoms with Crippen molar-refractivity contribution in [3.63, 3.8) is 0 Å². The van der Waals surface area contributed by atoms with E-state index in [1.54, 1.807) is 49.6 Å². The van der Waals surface area contributed by atoms with Crippen molar-refractivity contribution in [2.45, 2.75) is 12.8 Å². The lowest BCUT2D eigenvalue weighted by Gasteiger charge is -2.29. The van der Waals surface area contributed by atoms with E-state index in [1.165, 1.54) is 5.56 Å². The van der Waals surface area contributed by atoms with E-state index in [2.05, 4.69) is 21.4 Å². The highest BCUT2D eigenvalue weighted by Gasteiger charge is 2.24. The fourth-order valence-corrected chi connectivity index (χ4v) is 3.45. The summed E-state index contributed by atoms with van der Waals surface area (Å²) in [7, 11) is 3.18. The number of fused-ring (bicyclic) bond motifs is 1. The highest BCUT2D eigenvalue weighted by Crippen LogP contribution is 2.31. The molecule has 1 aliphatic rings. The van der Waals surface area contributed by atoms with Gasteiger partial charge < -0.3 is 19.7 Å². The number of aryl methyl sites for hydroxylation is 1. The average Bonchev–Trinajstić information content (AvgIpc) is 2.78. The summed E-state index contributed by atoms with van der Waals surface area (Å²) < 4.78 is 10.6. The van der Waals surface area contributed by atoms with Crippen LogP contribution in [0.4, 0.5) is 17.3 Å². The van der Waals surface area contributed by atoms with E-state index in [0.717, 1.165) is 18.5 Å². The van der Waals surface area contributed by atoms with Crippen LogP contribution in [0.15, 0.2) is 54.7 Å². The van der Waals surface area contributed by atoms with E-state index in [9.17, 15) is 4.79 Å². The zero-order chi connectivity index (χ0) is 20.2. The molecule has 1 N–H and O–H groups in total. The Morgan fingerprint density at radius 2 is 1.97 bits per heavy atom. The summed E-state index contributed by atoms with van der Waals surface area (Å²) in [4.78, 5) is 23.6. The van der Waals surface area contributed by atoms with Crippen molar-refractivity contribution in [1.29, 1.82) is 0 Å². The summed E-state index contributed by atoms with van der Waals surface area (Å²) >= 11 is 0. The van der Waals surface area contributed by atoms with Crippen molar-refractivity contribution < 1.29 is 14.3 Å². The summed E-state index contributed by atoms with van der Waals surface area (Å²) in [5.41, 5.74) is 3.12. The molecule has 2 aromatic carbocycles. The summed E-state index contributed by atoms with van der Waals surface area (Å²) in [5, 5.41) is 3.12. The van der Waals surface area contributed by atoms with Gasteiger partial charge in [0.25, 0.3) is 5.91 Å². The van der Waals surface area contributed by atoms with Gasteiger partial charge in [0.2, 0.25) is 5.95 Å². The molecule has 0 saturated heterocycles. The first kappa shape index (κ1) is 18.7. The predicted octanol–water partition coefficient (Wildman–Crippen LogP) is 3.83. The summed E-state index contributed by atoms with van der Waals surface area (Å²) in [5.74, 6) is 1.47. The van der Waals surface area contributed by atoms with Crippen LogP contribution >= 0.6 is 0 Å². The Morgan fingerprint density at radius 3 is 2.79 bits per heavy atom. The van der Waals surface area contributed by atoms with Gasteiger partial charge in [-0.05, 0) is 42.7 Å². The molecule has 7 heteroatoms. The minimum atomic E-state index is -0.139. The molecule has 2 heterocycles. The van der Waals surface area contributed by atoms with Gasteiger partial charge in [-0.25, -0.2) is 9.97 Å². The SMILES string of the molecule is COc1ccc(OC)c(Nc2nccc(C(=O)N3CCCc4ccccc43)n2)c1. The molecule has 7 nitrogen and oxygen atoms in total. The van der Waals surface area contributed by atoms with Crippen molar-refractivity contribution >= 4 is 23.2 Å². The molecule has 4 rings (SSSR count). The molecule has 29 heavy (non-hydrogen) atoms. The molecule has 0 unspecified atom stereocenters. The second kappa shape index (κ2) is 8.18. The topological polar surface area (TPSA) is 76.6 Å². The fraction of sp³-hybridized carbons (Fsp3) is 0.227. The number of carbonyl (C=O) groups excluding carboxylic acids is 1. The zero-order valence-corrected chi connectivity index (χ0v) is 16.4. The van der Waals surface area contributed by atoms with Crippen LogP contribution in [-0.2, 0) is 6.42 Å². The van der Waals surface area contributed by atoms with E-state index < -0.39 is 0 Å². The Hall–Kier alpha value is -3.61. The highest BCUT2D eigenvalue weighted by molar-refractivity contribution is 6.05. The third-order valence-corrected chi connectivity index (χ3v) is 4.88. The standard InChI is InChI=1S/C22H22N4O3/c1-28-16-9-10-20(29-2)18(14-16)25-22-23-12-11-17(24-22)21(27)26-13-5-7-15-6-3-4-8-19(15)26/h3-4,6,8-12,14H,5,7,13H2,1-2H3,(H,23,24,25). The molecule has 0 atom stereocenters. The van der Waals surface area contributed by atoms with Gasteiger partial charge >= 0.3 is 0 Å². The minimum Gasteiger partial charge on any atom is -0.497 e. The quantitative estimate of drug-likeness (QED) is 0.714. The first-order chi connectivity index (χ1) is 14.2. The second-order valence-corrected chi connectivity index (χ2v) is 6.65. The second-order valence-electron chi connectivity index (χ2n) is 6.65. The van der Waals surface area contributed by atoms with E-state index in [0.29, 0.717) is 35.4 Å². The lowest BCUT2D eigenvalue weighted by atomic mass is 10.0. The molecule has 0 saturated carbocycles. The lowest BCUT2D eigenvalue weighted by molar-refractivity contribution is 0.0980. The van der Waals surface area contributed by atoms with Gasteiger partial charge in [0.1, 0.15) is 17.2 Å². The van der Waals surface area contributed by atoms with Crippen molar-refractivity contribution in [2.75, 3.05) is 31.0 Å². The van der Waals surface area contributed by atoms with Crippen LogP contribution in [0.5, 0.6) is 11.5 Å². The number of hydrogen-bond donors (Lipinski definition) is 1. The van der Waals surface area contributed by atoms with Crippen LogP contribution in [0.3, 0.4) is 0 Å². The van der Waals surface area contributed by atoms with Gasteiger partial charge in [0.05, 0.1) is 19.9 Å². The summed E-state index contributed by atoms with van der Waals surface area (Å²) in [6, 6.07) is 15.0. The zero-order valence-electron chi connectivity index (χ0n) is 16.4. The van der Waals surface area contributed by atoms with Crippen molar-refractivity contribution in [3.8, 4) is 11.5 Å². The Labute approximate surface area is 169 Å². The Morgan fingerprint density at radius 1 is 1.10 bits per heavy atom. The number of para-hydroxylation sites is 1. The number of benzene rings is 2. The number of rotatable bonds is 5. The smallest absolute Gasteiger partial charge is 0.277 e. The highest BCUT2D eigenvalue weighted by atomic mass is 16.5. The molecule has 0 bridgehead atoms. The largest absolute Gasteiger partial charge is 0.497 e. The maximum absolute atomic E-state index is 13.2. The van der Waals surface area contributed by atoms with Crippen molar-refractivity contribution in [2.24, 2.45) is 0 Å². The van der Waals surface area contributed by atoms with Gasteiger partial charge in [-0.15, -0.1) is 0 Å². The number of nitrogens with zero attached hydrogens (tertiary/aromatic N) is 3. The number of methoxy groups -OCH3 is 2. The van der Waals surface area contributed by atoms with Crippen LogP contribution in [0.25, 0.3) is 0 Å². The van der Waals surface area contributed by atoms with E-state index >= 15 is 0 Å². The molecule has 3 aromatic rings. The summed E-state index contributed by atoms with van der Waals surface area (Å²) in [6.45, 7) is 0.673. The number of nitrogens with one attached hydrogen (secondary N) is 1. The Balaban J connectivity index is 1.61. The van der Waals surface area contributed by atoms with Gasteiger partial charge in [-0.2, -0.15) is 0 Å². The molecule has 0 fully saturated rings. The maximum atomic E-state index is 13.2. The normalized spacial score (nSPS) is 12.8. The third kappa shape index (κ3) is 3.85. The fourth-order valence-electron chi connectivity index (χ4n) is 3.45. The average molecular weight is 390 g/mol. The predicted molar refractivity (Wildman–Crippen MR) is 111 cm³/mol. The van der Waals surface area contributed by atoms with Gasteiger partial charge in [-0.3, -0.25) is 4.79 Å². The van der Waals surface area contributed by atoms with E-state index in [4.69, 9.17) is 9.47 Å². The number of amides is 1. The van der Waals surface area contributed by atoms with E-state index in [-0.39, 0.29) is 5.91 Å². The van der Waals surface area contributed by atoms with Crippen LogP contribution < -0.4 is 19.7 Å². The number of carbonyl (C=O) groups is 1. The minimum absolute atomic E-state index is 0.139. The third-order valence-electron chi connectivity index (χ3n) is 4.88. The van der Waals surface area contributed by atoms with Gasteiger partial charge in [0, 0.05) is 24.5 Å². The lowest BCUT2D eigenvalue weighted by Crippen LogP contribution is -2.36. The first-order valence-corrected chi connectivity index (χ1v) is 9.41. The van der Waals surface area contributed by atoms with Crippen LogP contribution in [-0.4, -0.2) is 36.6 Å². The molecular formula is C22H22N4O3. The van der Waals surface area contributed by atoms with Crippen LogP contribution in [0.2, 0.25) is 0 Å². The molecule has 1 aliphatic heterocycles. The monoisotopic (exact) mass is 390 g/mol. The molecule has 1 amide bonds. The molecule has 0 radical (unpaired) electrons. The number of aromatic nitrogens is 2. The first-order valence-electron chi connectivity index (χ1n) is 9.41. The van der Waals surface area contributed by atoms with Crippen molar-refractivity contribution in [3.05, 3.63) is 66.0 Å².